The smallest absolute Gasteiger partial charge is 0.303 e. The minimum absolute atomic E-state index is 0.0815. The molecule has 0 amide bonds. The van der Waals surface area contributed by atoms with Crippen molar-refractivity contribution in [2.75, 3.05) is 30.5 Å². The topological polar surface area (TPSA) is 40.6 Å². The van der Waals surface area contributed by atoms with Gasteiger partial charge in [-0.2, -0.15) is 26.3 Å². The largest absolute Gasteiger partial charge is 0.416 e. The Labute approximate surface area is 203 Å². The molecule has 0 bridgehead atoms. The summed E-state index contributed by atoms with van der Waals surface area (Å²) in [6, 6.07) is 3.83. The van der Waals surface area contributed by atoms with Crippen molar-refractivity contribution in [3.8, 4) is 0 Å². The van der Waals surface area contributed by atoms with Crippen LogP contribution in [0.5, 0.6) is 0 Å². The van der Waals surface area contributed by atoms with E-state index in [1.54, 1.807) is 0 Å². The van der Waals surface area contributed by atoms with Crippen molar-refractivity contribution >= 4 is 15.7 Å². The van der Waals surface area contributed by atoms with E-state index < -0.39 is 49.6 Å². The van der Waals surface area contributed by atoms with E-state index in [-0.39, 0.29) is 30.4 Å². The maximum Gasteiger partial charge on any atom is 0.416 e. The summed E-state index contributed by atoms with van der Waals surface area (Å²) in [6.07, 6.45) is -7.05. The van der Waals surface area contributed by atoms with Gasteiger partial charge in [-0.15, -0.1) is 0 Å². The third-order valence-electron chi connectivity index (χ3n) is 7.42. The lowest BCUT2D eigenvalue weighted by molar-refractivity contribution is -0.143. The average molecular weight is 537 g/mol. The number of rotatable bonds is 4. The number of alkyl halides is 6. The van der Waals surface area contributed by atoms with Gasteiger partial charge in [-0.3, -0.25) is 4.31 Å². The predicted octanol–water partition coefficient (Wildman–Crippen LogP) is 5.82. The first-order chi connectivity index (χ1) is 16.7. The second-order valence-corrected chi connectivity index (χ2v) is 11.8. The zero-order chi connectivity index (χ0) is 26.1. The second-order valence-electron chi connectivity index (χ2n) is 9.94. The fourth-order valence-corrected chi connectivity index (χ4v) is 6.91. The Morgan fingerprint density at radius 1 is 0.889 bits per heavy atom. The van der Waals surface area contributed by atoms with E-state index in [4.69, 9.17) is 0 Å². The molecule has 2 heterocycles. The molecule has 2 aromatic rings. The summed E-state index contributed by atoms with van der Waals surface area (Å²) in [5.74, 6) is 0.0548. The number of sulfonamides is 1. The highest BCUT2D eigenvalue weighted by atomic mass is 32.2. The van der Waals surface area contributed by atoms with Gasteiger partial charge >= 0.3 is 12.4 Å². The van der Waals surface area contributed by atoms with Crippen LogP contribution in [0.2, 0.25) is 0 Å². The number of nitrogens with zero attached hydrogens (tertiary/aromatic N) is 2. The summed E-state index contributed by atoms with van der Waals surface area (Å²) in [5.41, 5.74) is -3.70. The van der Waals surface area contributed by atoms with Gasteiger partial charge in [-0.1, -0.05) is 0 Å². The molecule has 0 radical (unpaired) electrons. The highest BCUT2D eigenvalue weighted by Gasteiger charge is 2.49. The van der Waals surface area contributed by atoms with Gasteiger partial charge in [0.25, 0.3) is 10.0 Å². The number of hydrogen-bond acceptors (Lipinski definition) is 3. The van der Waals surface area contributed by atoms with E-state index in [1.807, 2.05) is 0 Å². The van der Waals surface area contributed by atoms with E-state index >= 15 is 0 Å². The predicted molar refractivity (Wildman–Crippen MR) is 117 cm³/mol. The number of anilines is 1. The number of benzene rings is 2. The van der Waals surface area contributed by atoms with E-state index in [1.165, 1.54) is 25.0 Å². The van der Waals surface area contributed by atoms with Crippen molar-refractivity contribution in [1.29, 1.82) is 0 Å². The van der Waals surface area contributed by atoms with Crippen LogP contribution in [-0.4, -0.2) is 39.5 Å². The standard InChI is InChI=1S/C24H23F7N2O2S/c25-18-3-4-21-20(12-18)22(5-7-32(8-6-22)13-15-1-2-15)14-33(21)36(34,35)19-10-16(23(26,27)28)9-17(11-19)24(29,30)31/h3-4,9-12,15H,1-2,5-8,13-14H2. The quantitative estimate of drug-likeness (QED) is 0.463. The monoisotopic (exact) mass is 536 g/mol. The van der Waals surface area contributed by atoms with Crippen molar-refractivity contribution in [2.45, 2.75) is 48.3 Å². The molecule has 4 nitrogen and oxygen atoms in total. The molecule has 0 aromatic heterocycles. The molecule has 2 aromatic carbocycles. The Balaban J connectivity index is 1.55. The van der Waals surface area contributed by atoms with Crippen LogP contribution in [0.3, 0.4) is 0 Å². The lowest BCUT2D eigenvalue weighted by Crippen LogP contribution is -2.46. The van der Waals surface area contributed by atoms with Gasteiger partial charge in [-0.05, 0) is 86.7 Å². The molecule has 1 aliphatic carbocycles. The van der Waals surface area contributed by atoms with Crippen molar-refractivity contribution in [3.63, 3.8) is 0 Å². The van der Waals surface area contributed by atoms with Crippen LogP contribution >= 0.6 is 0 Å². The highest BCUT2D eigenvalue weighted by Crippen LogP contribution is 2.50. The first-order valence-corrected chi connectivity index (χ1v) is 13.0. The molecule has 2 fully saturated rings. The number of likely N-dealkylation sites (tertiary alicyclic amines) is 1. The maximum absolute atomic E-state index is 14.2. The van der Waals surface area contributed by atoms with Gasteiger partial charge in [0.1, 0.15) is 5.82 Å². The van der Waals surface area contributed by atoms with Crippen LogP contribution in [0.15, 0.2) is 41.3 Å². The summed E-state index contributed by atoms with van der Waals surface area (Å²) in [7, 11) is -4.83. The number of fused-ring (bicyclic) bond motifs is 2. The zero-order valence-electron chi connectivity index (χ0n) is 19.0. The van der Waals surface area contributed by atoms with Crippen molar-refractivity contribution in [1.82, 2.24) is 4.90 Å². The molecule has 5 rings (SSSR count). The van der Waals surface area contributed by atoms with Crippen LogP contribution in [-0.2, 0) is 27.8 Å². The van der Waals surface area contributed by atoms with Gasteiger partial charge < -0.3 is 4.90 Å². The van der Waals surface area contributed by atoms with E-state index in [0.717, 1.165) is 16.9 Å². The maximum atomic E-state index is 14.2. The Morgan fingerprint density at radius 3 is 2.00 bits per heavy atom. The van der Waals surface area contributed by atoms with Crippen LogP contribution < -0.4 is 4.31 Å². The van der Waals surface area contributed by atoms with Crippen LogP contribution in [0.4, 0.5) is 36.4 Å². The minimum atomic E-state index is -5.19. The molecule has 3 aliphatic rings. The molecule has 0 unspecified atom stereocenters. The van der Waals surface area contributed by atoms with Gasteiger partial charge in [0.2, 0.25) is 0 Å². The third kappa shape index (κ3) is 4.57. The Morgan fingerprint density at radius 2 is 1.47 bits per heavy atom. The Kier molecular flexibility index (Phi) is 5.86. The van der Waals surface area contributed by atoms with Gasteiger partial charge in [0, 0.05) is 18.5 Å². The normalized spacial score (nSPS) is 20.7. The summed E-state index contributed by atoms with van der Waals surface area (Å²) in [6.45, 7) is 2.03. The molecule has 196 valence electrons. The average Bonchev–Trinajstić information content (AvgIpc) is 3.56. The van der Waals surface area contributed by atoms with E-state index in [9.17, 15) is 39.2 Å². The molecule has 1 saturated heterocycles. The first-order valence-electron chi connectivity index (χ1n) is 11.5. The molecule has 36 heavy (non-hydrogen) atoms. The molecular formula is C24H23F7N2O2S. The number of hydrogen-bond donors (Lipinski definition) is 0. The molecule has 0 atom stereocenters. The Bertz CT molecular complexity index is 1250. The summed E-state index contributed by atoms with van der Waals surface area (Å²) in [5, 5.41) is 0. The molecule has 1 spiro atoms. The zero-order valence-corrected chi connectivity index (χ0v) is 19.8. The van der Waals surface area contributed by atoms with E-state index in [2.05, 4.69) is 4.90 Å². The molecule has 1 saturated carbocycles. The number of halogens is 7. The van der Waals surface area contributed by atoms with Crippen molar-refractivity contribution in [3.05, 3.63) is 58.9 Å². The van der Waals surface area contributed by atoms with Crippen LogP contribution in [0.1, 0.15) is 42.4 Å². The van der Waals surface area contributed by atoms with Crippen LogP contribution in [0, 0.1) is 11.7 Å². The van der Waals surface area contributed by atoms with Gasteiger partial charge in [-0.25, -0.2) is 12.8 Å². The van der Waals surface area contributed by atoms with Crippen LogP contribution in [0.25, 0.3) is 0 Å². The van der Waals surface area contributed by atoms with Gasteiger partial charge in [0.15, 0.2) is 0 Å². The third-order valence-corrected chi connectivity index (χ3v) is 9.16. The SMILES string of the molecule is O=S(=O)(c1cc(C(F)(F)F)cc(C(F)(F)F)c1)N1CC2(CCN(CC3CC3)CC2)c2cc(F)ccc21. The van der Waals surface area contributed by atoms with Crippen molar-refractivity contribution in [2.24, 2.45) is 5.92 Å². The minimum Gasteiger partial charge on any atom is -0.303 e. The summed E-state index contributed by atoms with van der Waals surface area (Å²) < 4.78 is 123. The fraction of sp³-hybridized carbons (Fsp3) is 0.500. The van der Waals surface area contributed by atoms with Gasteiger partial charge in [0.05, 0.1) is 21.7 Å². The highest BCUT2D eigenvalue weighted by molar-refractivity contribution is 7.92. The molecule has 12 heteroatoms. The summed E-state index contributed by atoms with van der Waals surface area (Å²) in [4.78, 5) is 1.16. The number of piperidine rings is 1. The first kappa shape index (κ1) is 25.3. The van der Waals surface area contributed by atoms with Crippen molar-refractivity contribution < 1.29 is 39.2 Å². The molecule has 2 aliphatic heterocycles. The fourth-order valence-electron chi connectivity index (χ4n) is 5.27. The van der Waals surface area contributed by atoms with E-state index in [0.29, 0.717) is 37.4 Å². The Hall–Kier alpha value is -2.34. The lowest BCUT2D eigenvalue weighted by Gasteiger charge is -2.40. The molecular weight excluding hydrogens is 513 g/mol. The second kappa shape index (κ2) is 8.34. The molecule has 0 N–H and O–H groups in total. The lowest BCUT2D eigenvalue weighted by atomic mass is 9.74. The summed E-state index contributed by atoms with van der Waals surface area (Å²) >= 11 is 0.